The Bertz CT molecular complexity index is 783. The molecule has 0 saturated heterocycles. The molecule has 0 fully saturated rings. The van der Waals surface area contributed by atoms with E-state index in [9.17, 15) is 0 Å². The van der Waals surface area contributed by atoms with Crippen molar-refractivity contribution < 1.29 is 0 Å². The van der Waals surface area contributed by atoms with E-state index in [-0.39, 0.29) is 11.5 Å². The minimum Gasteiger partial charge on any atom is -0.329 e. The number of aromatic nitrogens is 2. The topological polar surface area (TPSA) is 43.8 Å². The first-order valence-corrected chi connectivity index (χ1v) is 8.37. The number of hydrogen-bond acceptors (Lipinski definition) is 2. The van der Waals surface area contributed by atoms with E-state index < -0.39 is 0 Å². The first kappa shape index (κ1) is 16.5. The zero-order valence-electron chi connectivity index (χ0n) is 14.6. The van der Waals surface area contributed by atoms with E-state index in [1.54, 1.807) is 0 Å². The molecule has 3 heteroatoms. The first-order chi connectivity index (χ1) is 11.4. The zero-order chi connectivity index (χ0) is 17.2. The molecule has 3 nitrogen and oxygen atoms in total. The second kappa shape index (κ2) is 6.62. The molecular formula is C21H25N3. The fraction of sp³-hybridized carbons (Fsp3) is 0.286. The number of nitrogens with zero attached hydrogens (tertiary/aromatic N) is 2. The summed E-state index contributed by atoms with van der Waals surface area (Å²) in [5.41, 5.74) is 9.82. The van der Waals surface area contributed by atoms with Crippen molar-refractivity contribution in [2.75, 3.05) is 0 Å². The van der Waals surface area contributed by atoms with Gasteiger partial charge in [-0.1, -0.05) is 81.4 Å². The Labute approximate surface area is 144 Å². The minimum atomic E-state index is -0.126. The highest BCUT2D eigenvalue weighted by molar-refractivity contribution is 5.58. The lowest BCUT2D eigenvalue weighted by molar-refractivity contribution is 0.309. The lowest BCUT2D eigenvalue weighted by Gasteiger charge is -2.27. The molecule has 1 unspecified atom stereocenters. The summed E-state index contributed by atoms with van der Waals surface area (Å²) in [4.78, 5) is 4.88. The highest BCUT2D eigenvalue weighted by Gasteiger charge is 2.27. The summed E-state index contributed by atoms with van der Waals surface area (Å²) in [7, 11) is 0. The maximum Gasteiger partial charge on any atom is 0.127 e. The number of benzene rings is 2. The monoisotopic (exact) mass is 319 g/mol. The van der Waals surface area contributed by atoms with Crippen LogP contribution in [0.2, 0.25) is 0 Å². The molecule has 3 aromatic rings. The van der Waals surface area contributed by atoms with Gasteiger partial charge >= 0.3 is 0 Å². The minimum absolute atomic E-state index is 0.0479. The lowest BCUT2D eigenvalue weighted by atomic mass is 9.87. The van der Waals surface area contributed by atoms with Crippen molar-refractivity contribution in [2.45, 2.75) is 33.4 Å². The van der Waals surface area contributed by atoms with Gasteiger partial charge in [0.15, 0.2) is 0 Å². The van der Waals surface area contributed by atoms with Crippen molar-refractivity contribution >= 4 is 0 Å². The highest BCUT2D eigenvalue weighted by atomic mass is 15.1. The molecule has 124 valence electrons. The molecule has 0 spiro atoms. The Morgan fingerprint density at radius 1 is 0.958 bits per heavy atom. The largest absolute Gasteiger partial charge is 0.329 e. The second-order valence-electron chi connectivity index (χ2n) is 7.31. The van der Waals surface area contributed by atoms with Gasteiger partial charge in [0.25, 0.3) is 0 Å². The number of nitrogens with two attached hydrogens (primary N) is 1. The van der Waals surface area contributed by atoms with E-state index in [4.69, 9.17) is 10.7 Å². The van der Waals surface area contributed by atoms with Crippen molar-refractivity contribution in [3.05, 3.63) is 78.2 Å². The van der Waals surface area contributed by atoms with Gasteiger partial charge in [-0.05, 0) is 11.0 Å². The van der Waals surface area contributed by atoms with Gasteiger partial charge < -0.3 is 10.3 Å². The van der Waals surface area contributed by atoms with E-state index in [1.165, 1.54) is 5.56 Å². The van der Waals surface area contributed by atoms with Crippen LogP contribution in [-0.2, 0) is 6.54 Å². The molecule has 24 heavy (non-hydrogen) atoms. The van der Waals surface area contributed by atoms with Gasteiger partial charge in [-0.3, -0.25) is 0 Å². The summed E-state index contributed by atoms with van der Waals surface area (Å²) in [6.07, 6.45) is 2.11. The Morgan fingerprint density at radius 3 is 2.12 bits per heavy atom. The summed E-state index contributed by atoms with van der Waals surface area (Å²) in [6, 6.07) is 20.6. The highest BCUT2D eigenvalue weighted by Crippen LogP contribution is 2.32. The van der Waals surface area contributed by atoms with E-state index in [2.05, 4.69) is 67.9 Å². The van der Waals surface area contributed by atoms with Crippen molar-refractivity contribution in [2.24, 2.45) is 11.1 Å². The van der Waals surface area contributed by atoms with E-state index >= 15 is 0 Å². The fourth-order valence-corrected chi connectivity index (χ4v) is 2.72. The van der Waals surface area contributed by atoms with Crippen molar-refractivity contribution in [3.63, 3.8) is 0 Å². The molecular weight excluding hydrogens is 294 g/mol. The van der Waals surface area contributed by atoms with Gasteiger partial charge in [0.05, 0.1) is 11.7 Å². The smallest absolute Gasteiger partial charge is 0.127 e. The molecule has 2 aromatic carbocycles. The third-order valence-corrected chi connectivity index (χ3v) is 4.28. The average Bonchev–Trinajstić information content (AvgIpc) is 2.98. The Hall–Kier alpha value is -2.39. The third kappa shape index (κ3) is 3.57. The predicted molar refractivity (Wildman–Crippen MR) is 99.6 cm³/mol. The number of imidazole rings is 1. The second-order valence-corrected chi connectivity index (χ2v) is 7.31. The molecule has 0 saturated carbocycles. The summed E-state index contributed by atoms with van der Waals surface area (Å²) >= 11 is 0. The molecule has 1 heterocycles. The molecule has 0 aliphatic carbocycles. The predicted octanol–water partition coefficient (Wildman–Crippen LogP) is 4.64. The van der Waals surface area contributed by atoms with Crippen LogP contribution in [0.3, 0.4) is 0 Å². The normalized spacial score (nSPS) is 13.0. The molecule has 0 aliphatic rings. The maximum absolute atomic E-state index is 6.53. The summed E-state index contributed by atoms with van der Waals surface area (Å²) < 4.78 is 2.19. The van der Waals surface area contributed by atoms with Crippen LogP contribution in [-0.4, -0.2) is 9.55 Å². The molecule has 0 aliphatic heterocycles. The standard InChI is InChI=1S/C21H25N3/c1-21(2,3)19(22)20-23-18(17-12-8-5-9-13-17)15-24(20)14-16-10-6-4-7-11-16/h4-13,15,19H,14,22H2,1-3H3. The summed E-state index contributed by atoms with van der Waals surface area (Å²) in [5, 5.41) is 0. The molecule has 1 atom stereocenters. The van der Waals surface area contributed by atoms with Gasteiger partial charge in [0.2, 0.25) is 0 Å². The van der Waals surface area contributed by atoms with Gasteiger partial charge in [0.1, 0.15) is 5.82 Å². The van der Waals surface area contributed by atoms with Crippen LogP contribution in [0.5, 0.6) is 0 Å². The summed E-state index contributed by atoms with van der Waals surface area (Å²) in [5.74, 6) is 0.935. The van der Waals surface area contributed by atoms with Crippen LogP contribution in [0.1, 0.15) is 38.2 Å². The average molecular weight is 319 g/mol. The maximum atomic E-state index is 6.53. The fourth-order valence-electron chi connectivity index (χ4n) is 2.72. The molecule has 1 aromatic heterocycles. The molecule has 0 amide bonds. The third-order valence-electron chi connectivity index (χ3n) is 4.28. The Kier molecular flexibility index (Phi) is 4.54. The summed E-state index contributed by atoms with van der Waals surface area (Å²) in [6.45, 7) is 7.24. The Balaban J connectivity index is 2.03. The zero-order valence-corrected chi connectivity index (χ0v) is 14.6. The van der Waals surface area contributed by atoms with Crippen LogP contribution in [0, 0.1) is 5.41 Å². The van der Waals surface area contributed by atoms with E-state index in [0.29, 0.717) is 0 Å². The Morgan fingerprint density at radius 2 is 1.54 bits per heavy atom. The van der Waals surface area contributed by atoms with E-state index in [1.807, 2.05) is 24.3 Å². The van der Waals surface area contributed by atoms with Gasteiger partial charge in [0, 0.05) is 18.3 Å². The van der Waals surface area contributed by atoms with Crippen molar-refractivity contribution in [1.82, 2.24) is 9.55 Å². The van der Waals surface area contributed by atoms with Crippen LogP contribution in [0.15, 0.2) is 66.9 Å². The molecule has 2 N–H and O–H groups in total. The molecule has 0 bridgehead atoms. The van der Waals surface area contributed by atoms with Gasteiger partial charge in [-0.15, -0.1) is 0 Å². The van der Waals surface area contributed by atoms with Crippen LogP contribution >= 0.6 is 0 Å². The number of hydrogen-bond donors (Lipinski definition) is 1. The van der Waals surface area contributed by atoms with Gasteiger partial charge in [-0.25, -0.2) is 4.98 Å². The van der Waals surface area contributed by atoms with Crippen LogP contribution in [0.25, 0.3) is 11.3 Å². The van der Waals surface area contributed by atoms with Crippen LogP contribution in [0.4, 0.5) is 0 Å². The lowest BCUT2D eigenvalue weighted by Crippen LogP contribution is -2.29. The van der Waals surface area contributed by atoms with Crippen molar-refractivity contribution in [1.29, 1.82) is 0 Å². The van der Waals surface area contributed by atoms with E-state index in [0.717, 1.165) is 23.6 Å². The number of rotatable bonds is 4. The molecule has 3 rings (SSSR count). The molecule has 0 radical (unpaired) electrons. The van der Waals surface area contributed by atoms with Gasteiger partial charge in [-0.2, -0.15) is 0 Å². The SMILES string of the molecule is CC(C)(C)C(N)c1nc(-c2ccccc2)cn1Cc1ccccc1. The quantitative estimate of drug-likeness (QED) is 0.761. The van der Waals surface area contributed by atoms with Crippen molar-refractivity contribution in [3.8, 4) is 11.3 Å². The first-order valence-electron chi connectivity index (χ1n) is 8.37. The van der Waals surface area contributed by atoms with Crippen LogP contribution < -0.4 is 5.73 Å².